The molecule has 1 aromatic rings. The summed E-state index contributed by atoms with van der Waals surface area (Å²) in [5, 5.41) is 14.8. The Kier molecular flexibility index (Phi) is 7.47. The number of rotatable bonds is 8. The fourth-order valence-corrected chi connectivity index (χ4v) is 2.65. The summed E-state index contributed by atoms with van der Waals surface area (Å²) >= 11 is 1.57. The van der Waals surface area contributed by atoms with Crippen LogP contribution in [0.3, 0.4) is 0 Å². The minimum absolute atomic E-state index is 0.109. The van der Waals surface area contributed by atoms with Gasteiger partial charge in [0.2, 0.25) is 5.91 Å². The van der Waals surface area contributed by atoms with Crippen LogP contribution in [0.1, 0.15) is 37.4 Å². The topological polar surface area (TPSA) is 62.2 Å². The van der Waals surface area contributed by atoms with Crippen molar-refractivity contribution in [2.24, 2.45) is 11.8 Å². The molecule has 0 radical (unpaired) electrons. The number of carbonyl (C=O) groups is 1. The highest BCUT2D eigenvalue weighted by Gasteiger charge is 2.11. The molecule has 0 spiro atoms. The summed E-state index contributed by atoms with van der Waals surface area (Å²) in [6, 6.07) is 0. The number of aliphatic hydroxyl groups excluding tert-OH is 1. The summed E-state index contributed by atoms with van der Waals surface area (Å²) in [5.41, 5.74) is 0.816. The van der Waals surface area contributed by atoms with Crippen LogP contribution in [0, 0.1) is 18.8 Å². The maximum Gasteiger partial charge on any atom is 0.244 e. The summed E-state index contributed by atoms with van der Waals surface area (Å²) in [6.45, 7) is 7.01. The number of thiazole rings is 1. The van der Waals surface area contributed by atoms with Gasteiger partial charge >= 0.3 is 0 Å². The van der Waals surface area contributed by atoms with Crippen LogP contribution in [0.15, 0.2) is 11.5 Å². The lowest BCUT2D eigenvalue weighted by molar-refractivity contribution is -0.116. The molecule has 1 rings (SSSR count). The van der Waals surface area contributed by atoms with Gasteiger partial charge in [0.05, 0.1) is 10.7 Å². The Labute approximate surface area is 124 Å². The molecule has 0 bridgehead atoms. The van der Waals surface area contributed by atoms with E-state index in [1.54, 1.807) is 17.4 Å². The molecule has 2 N–H and O–H groups in total. The predicted molar refractivity (Wildman–Crippen MR) is 83.5 cm³/mol. The van der Waals surface area contributed by atoms with Crippen molar-refractivity contribution in [3.8, 4) is 0 Å². The molecule has 20 heavy (non-hydrogen) atoms. The first kappa shape index (κ1) is 16.9. The van der Waals surface area contributed by atoms with Crippen LogP contribution in [-0.4, -0.2) is 29.1 Å². The van der Waals surface area contributed by atoms with Crippen LogP contribution >= 0.6 is 11.3 Å². The van der Waals surface area contributed by atoms with Gasteiger partial charge in [-0.25, -0.2) is 4.98 Å². The van der Waals surface area contributed by atoms with Gasteiger partial charge in [-0.3, -0.25) is 4.79 Å². The third-order valence-corrected chi connectivity index (χ3v) is 3.74. The van der Waals surface area contributed by atoms with Crippen LogP contribution in [0.5, 0.6) is 0 Å². The van der Waals surface area contributed by atoms with Crippen molar-refractivity contribution in [3.05, 3.63) is 22.2 Å². The number of amides is 1. The smallest absolute Gasteiger partial charge is 0.244 e. The molecule has 1 unspecified atom stereocenters. The van der Waals surface area contributed by atoms with Gasteiger partial charge in [-0.1, -0.05) is 13.8 Å². The van der Waals surface area contributed by atoms with Crippen LogP contribution < -0.4 is 5.32 Å². The largest absolute Gasteiger partial charge is 0.396 e. The maximum absolute atomic E-state index is 11.7. The van der Waals surface area contributed by atoms with E-state index in [9.17, 15) is 4.79 Å². The molecule has 112 valence electrons. The second-order valence-corrected chi connectivity index (χ2v) is 6.44. The van der Waals surface area contributed by atoms with Crippen LogP contribution in [-0.2, 0) is 4.79 Å². The third-order valence-electron chi connectivity index (χ3n) is 2.95. The summed E-state index contributed by atoms with van der Waals surface area (Å²) < 4.78 is 0. The molecule has 0 aromatic carbocycles. The van der Waals surface area contributed by atoms with Crippen molar-refractivity contribution < 1.29 is 9.90 Å². The lowest BCUT2D eigenvalue weighted by atomic mass is 9.94. The predicted octanol–water partition coefficient (Wildman–Crippen LogP) is 2.63. The fourth-order valence-electron chi connectivity index (χ4n) is 2.07. The van der Waals surface area contributed by atoms with Gasteiger partial charge in [0, 0.05) is 24.6 Å². The summed E-state index contributed by atoms with van der Waals surface area (Å²) in [7, 11) is 0. The van der Waals surface area contributed by atoms with E-state index >= 15 is 0 Å². The standard InChI is InChI=1S/C15H24N2O2S/c1-11(2)8-13(6-7-18)9-16-15(19)5-4-14-10-20-12(3)17-14/h4-5,10-11,13,18H,6-9H2,1-3H3,(H,16,19)/b5-4+. The molecule has 0 aliphatic heterocycles. The zero-order valence-corrected chi connectivity index (χ0v) is 13.2. The summed E-state index contributed by atoms with van der Waals surface area (Å²) in [4.78, 5) is 16.0. The molecule has 4 nitrogen and oxygen atoms in total. The molecular weight excluding hydrogens is 272 g/mol. The monoisotopic (exact) mass is 296 g/mol. The highest BCUT2D eigenvalue weighted by atomic mass is 32.1. The lowest BCUT2D eigenvalue weighted by Gasteiger charge is -2.18. The van der Waals surface area contributed by atoms with Crippen molar-refractivity contribution in [1.82, 2.24) is 10.3 Å². The number of nitrogens with one attached hydrogen (secondary N) is 1. The molecule has 5 heteroatoms. The van der Waals surface area contributed by atoms with Crippen LogP contribution in [0.25, 0.3) is 6.08 Å². The summed E-state index contributed by atoms with van der Waals surface area (Å²) in [5.74, 6) is 0.790. The zero-order valence-electron chi connectivity index (χ0n) is 12.4. The average Bonchev–Trinajstić information content (AvgIpc) is 2.79. The van der Waals surface area contributed by atoms with Crippen molar-refractivity contribution in [3.63, 3.8) is 0 Å². The molecule has 1 heterocycles. The highest BCUT2D eigenvalue weighted by Crippen LogP contribution is 2.14. The number of aliphatic hydroxyl groups is 1. The number of carbonyl (C=O) groups excluding carboxylic acids is 1. The minimum Gasteiger partial charge on any atom is -0.396 e. The van der Waals surface area contributed by atoms with Gasteiger partial charge < -0.3 is 10.4 Å². The number of hydrogen-bond acceptors (Lipinski definition) is 4. The maximum atomic E-state index is 11.7. The molecule has 0 saturated carbocycles. The molecule has 0 saturated heterocycles. The molecule has 1 amide bonds. The van der Waals surface area contributed by atoms with Gasteiger partial charge in [-0.05, 0) is 37.7 Å². The van der Waals surface area contributed by atoms with E-state index in [0.29, 0.717) is 18.4 Å². The number of aryl methyl sites for hydroxylation is 1. The molecule has 0 aliphatic rings. The van der Waals surface area contributed by atoms with E-state index in [1.165, 1.54) is 6.08 Å². The normalized spacial score (nSPS) is 13.1. The first-order chi connectivity index (χ1) is 9.51. The van der Waals surface area contributed by atoms with E-state index in [2.05, 4.69) is 24.1 Å². The van der Waals surface area contributed by atoms with E-state index in [-0.39, 0.29) is 12.5 Å². The molecule has 0 fully saturated rings. The Bertz CT molecular complexity index is 441. The molecule has 1 aromatic heterocycles. The van der Waals surface area contributed by atoms with Gasteiger partial charge in [0.1, 0.15) is 0 Å². The first-order valence-electron chi connectivity index (χ1n) is 7.00. The Morgan fingerprint density at radius 3 is 2.85 bits per heavy atom. The number of aromatic nitrogens is 1. The zero-order chi connectivity index (χ0) is 15.0. The van der Waals surface area contributed by atoms with Gasteiger partial charge in [0.15, 0.2) is 0 Å². The SMILES string of the molecule is Cc1nc(/C=C/C(=O)NCC(CCO)CC(C)C)cs1. The second-order valence-electron chi connectivity index (χ2n) is 5.38. The van der Waals surface area contributed by atoms with Crippen molar-refractivity contribution in [2.75, 3.05) is 13.2 Å². The second kappa shape index (κ2) is 8.87. The quantitative estimate of drug-likeness (QED) is 0.725. The number of hydrogen-bond donors (Lipinski definition) is 2. The van der Waals surface area contributed by atoms with Crippen molar-refractivity contribution >= 4 is 23.3 Å². The highest BCUT2D eigenvalue weighted by molar-refractivity contribution is 7.09. The lowest BCUT2D eigenvalue weighted by Crippen LogP contribution is -2.29. The Morgan fingerprint density at radius 1 is 1.55 bits per heavy atom. The Hall–Kier alpha value is -1.20. The van der Waals surface area contributed by atoms with Gasteiger partial charge in [0.25, 0.3) is 0 Å². The van der Waals surface area contributed by atoms with Gasteiger partial charge in [-0.15, -0.1) is 11.3 Å². The fraction of sp³-hybridized carbons (Fsp3) is 0.600. The molecule has 1 atom stereocenters. The Morgan fingerprint density at radius 2 is 2.30 bits per heavy atom. The first-order valence-corrected chi connectivity index (χ1v) is 7.88. The van der Waals surface area contributed by atoms with E-state index in [1.807, 2.05) is 12.3 Å². The number of nitrogens with zero attached hydrogens (tertiary/aromatic N) is 1. The van der Waals surface area contributed by atoms with Crippen LogP contribution in [0.2, 0.25) is 0 Å². The van der Waals surface area contributed by atoms with Crippen LogP contribution in [0.4, 0.5) is 0 Å². The van der Waals surface area contributed by atoms with Gasteiger partial charge in [-0.2, -0.15) is 0 Å². The van der Waals surface area contributed by atoms with E-state index in [4.69, 9.17) is 5.11 Å². The minimum atomic E-state index is -0.109. The summed E-state index contributed by atoms with van der Waals surface area (Å²) in [6.07, 6.45) is 4.98. The molecular formula is C15H24N2O2S. The van der Waals surface area contributed by atoms with Crippen molar-refractivity contribution in [1.29, 1.82) is 0 Å². The molecule has 0 aliphatic carbocycles. The average molecular weight is 296 g/mol. The van der Waals surface area contributed by atoms with E-state index < -0.39 is 0 Å². The Balaban J connectivity index is 2.39. The third kappa shape index (κ3) is 6.82. The van der Waals surface area contributed by atoms with E-state index in [0.717, 1.165) is 23.5 Å². The van der Waals surface area contributed by atoms with Crippen molar-refractivity contribution in [2.45, 2.75) is 33.6 Å².